The van der Waals surface area contributed by atoms with Crippen LogP contribution in [0.15, 0.2) is 48.6 Å². The topological polar surface area (TPSA) is 35.6 Å². The van der Waals surface area contributed by atoms with E-state index < -0.39 is 0 Å². The minimum atomic E-state index is 0.175. The van der Waals surface area contributed by atoms with Crippen molar-refractivity contribution < 1.29 is 4.79 Å². The highest BCUT2D eigenvalue weighted by Gasteiger charge is 2.11. The van der Waals surface area contributed by atoms with E-state index in [0.717, 1.165) is 58.3 Å². The molecule has 1 amide bonds. The molecular formula is C24H37N3O. The van der Waals surface area contributed by atoms with Gasteiger partial charge in [0.05, 0.1) is 6.54 Å². The zero-order valence-corrected chi connectivity index (χ0v) is 17.7. The van der Waals surface area contributed by atoms with Crippen molar-refractivity contribution >= 4 is 11.6 Å². The molecule has 4 nitrogen and oxygen atoms in total. The molecule has 1 aromatic carbocycles. The van der Waals surface area contributed by atoms with Crippen molar-refractivity contribution in [1.82, 2.24) is 10.2 Å². The molecule has 154 valence electrons. The molecule has 0 radical (unpaired) electrons. The van der Waals surface area contributed by atoms with Gasteiger partial charge in [0.25, 0.3) is 0 Å². The minimum absolute atomic E-state index is 0.175. The van der Waals surface area contributed by atoms with Crippen molar-refractivity contribution in [2.24, 2.45) is 0 Å². The molecule has 0 saturated heterocycles. The van der Waals surface area contributed by atoms with Crippen molar-refractivity contribution in [3.63, 3.8) is 0 Å². The number of amides is 1. The number of benzene rings is 1. The molecule has 2 rings (SSSR count). The Balaban J connectivity index is 1.89. The summed E-state index contributed by atoms with van der Waals surface area (Å²) in [5.41, 5.74) is 2.80. The molecule has 0 spiro atoms. The Kier molecular flexibility index (Phi) is 10.4. The summed E-state index contributed by atoms with van der Waals surface area (Å²) in [6.45, 7) is 6.13. The van der Waals surface area contributed by atoms with Gasteiger partial charge < -0.3 is 15.1 Å². The van der Waals surface area contributed by atoms with Gasteiger partial charge in [-0.25, -0.2) is 0 Å². The maximum absolute atomic E-state index is 12.0. The molecule has 0 unspecified atom stereocenters. The molecule has 1 aliphatic heterocycles. The van der Waals surface area contributed by atoms with Gasteiger partial charge >= 0.3 is 0 Å². The molecule has 0 aliphatic carbocycles. The number of para-hydroxylation sites is 1. The zero-order chi connectivity index (χ0) is 20.0. The van der Waals surface area contributed by atoms with Gasteiger partial charge in [0.1, 0.15) is 0 Å². The van der Waals surface area contributed by atoms with E-state index in [2.05, 4.69) is 65.7 Å². The van der Waals surface area contributed by atoms with Crippen LogP contribution in [0.1, 0.15) is 44.6 Å². The number of nitrogens with zero attached hydrogens (tertiary/aromatic N) is 2. The van der Waals surface area contributed by atoms with Crippen LogP contribution in [0, 0.1) is 0 Å². The van der Waals surface area contributed by atoms with E-state index in [1.807, 2.05) is 7.05 Å². The number of carbonyl (C=O) groups excluding carboxylic acids is 1. The molecule has 0 aromatic heterocycles. The summed E-state index contributed by atoms with van der Waals surface area (Å²) in [5.74, 6) is 0.175. The summed E-state index contributed by atoms with van der Waals surface area (Å²) >= 11 is 0. The van der Waals surface area contributed by atoms with E-state index in [1.165, 1.54) is 17.7 Å². The Bertz CT molecular complexity index is 638. The third-order valence-corrected chi connectivity index (χ3v) is 5.12. The fourth-order valence-electron chi connectivity index (χ4n) is 3.53. The summed E-state index contributed by atoms with van der Waals surface area (Å²) in [7, 11) is 1.88. The van der Waals surface area contributed by atoms with Gasteiger partial charge in [-0.1, -0.05) is 49.4 Å². The SMILES string of the molecule is CCCN(C)C(=O)CNCCCN1C/C=C\C/C=C\CCCc2ccccc21. The van der Waals surface area contributed by atoms with Crippen LogP contribution in [0.4, 0.5) is 5.69 Å². The van der Waals surface area contributed by atoms with Gasteiger partial charge in [0.15, 0.2) is 0 Å². The average Bonchev–Trinajstić information content (AvgIpc) is 2.70. The predicted molar refractivity (Wildman–Crippen MR) is 120 cm³/mol. The highest BCUT2D eigenvalue weighted by Crippen LogP contribution is 2.23. The van der Waals surface area contributed by atoms with E-state index in [4.69, 9.17) is 0 Å². The Morgan fingerprint density at radius 3 is 2.86 bits per heavy atom. The van der Waals surface area contributed by atoms with Crippen molar-refractivity contribution in [3.8, 4) is 0 Å². The maximum Gasteiger partial charge on any atom is 0.236 e. The third-order valence-electron chi connectivity index (χ3n) is 5.12. The standard InChI is InChI=1S/C24H37N3O/c1-3-18-26(2)24(28)21-25-17-13-20-27-19-12-8-6-4-5-7-9-14-22-15-10-11-16-23(22)27/h4-5,8,10-12,15-16,25H,3,6-7,9,13-14,17-21H2,1-2H3/b5-4-,12-8-. The number of likely N-dealkylation sites (N-methyl/N-ethyl adjacent to an activating group) is 1. The van der Waals surface area contributed by atoms with Gasteiger partial charge in [-0.3, -0.25) is 4.79 Å². The van der Waals surface area contributed by atoms with Gasteiger partial charge in [-0.05, 0) is 56.7 Å². The second-order valence-electron chi connectivity index (χ2n) is 7.49. The first-order valence-electron chi connectivity index (χ1n) is 10.8. The predicted octanol–water partition coefficient (Wildman–Crippen LogP) is 4.18. The van der Waals surface area contributed by atoms with Gasteiger partial charge in [-0.2, -0.15) is 0 Å². The van der Waals surface area contributed by atoms with Gasteiger partial charge in [0, 0.05) is 32.4 Å². The zero-order valence-electron chi connectivity index (χ0n) is 17.7. The Morgan fingerprint density at radius 1 is 1.18 bits per heavy atom. The molecule has 1 heterocycles. The number of hydrogen-bond acceptors (Lipinski definition) is 3. The first kappa shape index (κ1) is 22.2. The largest absolute Gasteiger partial charge is 0.368 e. The maximum atomic E-state index is 12.0. The number of nitrogens with one attached hydrogen (secondary N) is 1. The Hall–Kier alpha value is -2.07. The van der Waals surface area contributed by atoms with Crippen molar-refractivity contribution in [1.29, 1.82) is 0 Å². The molecule has 1 aliphatic rings. The number of anilines is 1. The molecule has 0 fully saturated rings. The van der Waals surface area contributed by atoms with Crippen LogP contribution in [0.5, 0.6) is 0 Å². The molecule has 4 heteroatoms. The number of allylic oxidation sites excluding steroid dienone is 3. The monoisotopic (exact) mass is 383 g/mol. The first-order chi connectivity index (χ1) is 13.7. The summed E-state index contributed by atoms with van der Waals surface area (Å²) in [6, 6.07) is 8.81. The lowest BCUT2D eigenvalue weighted by Crippen LogP contribution is -2.37. The lowest BCUT2D eigenvalue weighted by atomic mass is 10.0. The highest BCUT2D eigenvalue weighted by molar-refractivity contribution is 5.77. The van der Waals surface area contributed by atoms with Crippen molar-refractivity contribution in [2.45, 2.75) is 45.4 Å². The molecular weight excluding hydrogens is 346 g/mol. The number of carbonyl (C=O) groups is 1. The van der Waals surface area contributed by atoms with Crippen LogP contribution < -0.4 is 10.2 Å². The van der Waals surface area contributed by atoms with Crippen molar-refractivity contribution in [2.75, 3.05) is 44.7 Å². The second-order valence-corrected chi connectivity index (χ2v) is 7.49. The minimum Gasteiger partial charge on any atom is -0.368 e. The summed E-state index contributed by atoms with van der Waals surface area (Å²) in [4.78, 5) is 16.3. The fourth-order valence-corrected chi connectivity index (χ4v) is 3.53. The third kappa shape index (κ3) is 7.89. The second kappa shape index (κ2) is 13.2. The highest BCUT2D eigenvalue weighted by atomic mass is 16.2. The van der Waals surface area contributed by atoms with E-state index in [1.54, 1.807) is 4.90 Å². The smallest absolute Gasteiger partial charge is 0.236 e. The Labute approximate surface area is 171 Å². The van der Waals surface area contributed by atoms with Crippen LogP contribution in [0.3, 0.4) is 0 Å². The average molecular weight is 384 g/mol. The first-order valence-corrected chi connectivity index (χ1v) is 10.8. The molecule has 0 saturated carbocycles. The number of hydrogen-bond donors (Lipinski definition) is 1. The van der Waals surface area contributed by atoms with Gasteiger partial charge in [-0.15, -0.1) is 0 Å². The summed E-state index contributed by atoms with van der Waals surface area (Å²) in [5, 5.41) is 3.31. The molecule has 1 N–H and O–H groups in total. The van der Waals surface area contributed by atoms with Crippen LogP contribution in [0.2, 0.25) is 0 Å². The Morgan fingerprint density at radius 2 is 2.00 bits per heavy atom. The quantitative estimate of drug-likeness (QED) is 0.540. The van der Waals surface area contributed by atoms with Crippen LogP contribution in [-0.2, 0) is 11.2 Å². The number of rotatable bonds is 8. The fraction of sp³-hybridized carbons (Fsp3) is 0.542. The molecule has 28 heavy (non-hydrogen) atoms. The van der Waals surface area contributed by atoms with Crippen LogP contribution in [0.25, 0.3) is 0 Å². The van der Waals surface area contributed by atoms with E-state index >= 15 is 0 Å². The molecule has 0 bridgehead atoms. The van der Waals surface area contributed by atoms with Crippen molar-refractivity contribution in [3.05, 3.63) is 54.1 Å². The summed E-state index contributed by atoms with van der Waals surface area (Å²) < 4.78 is 0. The molecule has 1 aromatic rings. The normalized spacial score (nSPS) is 17.1. The van der Waals surface area contributed by atoms with E-state index in [-0.39, 0.29) is 5.91 Å². The summed E-state index contributed by atoms with van der Waals surface area (Å²) in [6.07, 6.45) is 15.6. The van der Waals surface area contributed by atoms with Gasteiger partial charge in [0.2, 0.25) is 5.91 Å². The lowest BCUT2D eigenvalue weighted by Gasteiger charge is -2.26. The molecule has 0 atom stereocenters. The van der Waals surface area contributed by atoms with Crippen LogP contribution in [-0.4, -0.2) is 50.6 Å². The number of fused-ring (bicyclic) bond motifs is 1. The van der Waals surface area contributed by atoms with E-state index in [0.29, 0.717) is 6.54 Å². The lowest BCUT2D eigenvalue weighted by molar-refractivity contribution is -0.128. The number of aryl methyl sites for hydroxylation is 1. The van der Waals surface area contributed by atoms with Crippen LogP contribution >= 0.6 is 0 Å². The van der Waals surface area contributed by atoms with E-state index in [9.17, 15) is 4.79 Å².